The number of nitrogens with zero attached hydrogens (tertiary/aromatic N) is 1. The van der Waals surface area contributed by atoms with Gasteiger partial charge >= 0.3 is 0 Å². The number of hydrogen-bond donors (Lipinski definition) is 2. The number of ether oxygens (including phenoxy) is 1. The van der Waals surface area contributed by atoms with E-state index in [1.165, 1.54) is 25.8 Å². The van der Waals surface area contributed by atoms with Crippen molar-refractivity contribution in [2.24, 2.45) is 0 Å². The van der Waals surface area contributed by atoms with Crippen molar-refractivity contribution in [2.75, 3.05) is 33.4 Å². The van der Waals surface area contributed by atoms with Gasteiger partial charge in [0.05, 0.1) is 12.2 Å². The first-order valence-corrected chi connectivity index (χ1v) is 8.48. The minimum absolute atomic E-state index is 0.0388. The second-order valence-corrected chi connectivity index (χ2v) is 7.51. The van der Waals surface area contributed by atoms with Crippen LogP contribution < -0.4 is 5.32 Å². The Morgan fingerprint density at radius 3 is 2.67 bits per heavy atom. The van der Waals surface area contributed by atoms with Gasteiger partial charge in [0.15, 0.2) is 0 Å². The Morgan fingerprint density at radius 2 is 2.10 bits per heavy atom. The highest BCUT2D eigenvalue weighted by molar-refractivity contribution is 4.86. The molecule has 0 amide bonds. The van der Waals surface area contributed by atoms with Crippen LogP contribution in [-0.4, -0.2) is 60.5 Å². The molecule has 21 heavy (non-hydrogen) atoms. The summed E-state index contributed by atoms with van der Waals surface area (Å²) in [4.78, 5) is 2.53. The van der Waals surface area contributed by atoms with Crippen LogP contribution in [0, 0.1) is 0 Å². The first-order chi connectivity index (χ1) is 9.82. The summed E-state index contributed by atoms with van der Waals surface area (Å²) in [5, 5.41) is 13.1. The molecule has 2 unspecified atom stereocenters. The standard InChI is InChI=1S/C17H36N2O2/c1-15(2)18-16(3,14-20)9-6-7-11-19-12-8-10-17(4,13-19)21-5/h15,18,20H,6-14H2,1-5H3. The number of hydrogen-bond acceptors (Lipinski definition) is 4. The summed E-state index contributed by atoms with van der Waals surface area (Å²) in [7, 11) is 1.83. The highest BCUT2D eigenvalue weighted by atomic mass is 16.5. The lowest BCUT2D eigenvalue weighted by Gasteiger charge is -2.39. The third-order valence-electron chi connectivity index (χ3n) is 4.67. The van der Waals surface area contributed by atoms with Crippen LogP contribution in [0.15, 0.2) is 0 Å². The fourth-order valence-electron chi connectivity index (χ4n) is 3.41. The maximum atomic E-state index is 9.59. The summed E-state index contributed by atoms with van der Waals surface area (Å²) in [6.07, 6.45) is 5.76. The first kappa shape index (κ1) is 18.9. The van der Waals surface area contributed by atoms with Crippen LogP contribution in [0.4, 0.5) is 0 Å². The molecule has 2 atom stereocenters. The molecular weight excluding hydrogens is 264 g/mol. The lowest BCUT2D eigenvalue weighted by Crippen LogP contribution is -2.49. The van der Waals surface area contributed by atoms with Crippen LogP contribution in [0.25, 0.3) is 0 Å². The zero-order chi connectivity index (χ0) is 15.9. The maximum Gasteiger partial charge on any atom is 0.0777 e. The molecule has 0 saturated carbocycles. The van der Waals surface area contributed by atoms with E-state index in [9.17, 15) is 5.11 Å². The number of nitrogens with one attached hydrogen (secondary N) is 1. The van der Waals surface area contributed by atoms with E-state index in [4.69, 9.17) is 4.74 Å². The number of methoxy groups -OCH3 is 1. The van der Waals surface area contributed by atoms with Gasteiger partial charge in [0.25, 0.3) is 0 Å². The molecule has 1 aliphatic rings. The summed E-state index contributed by atoms with van der Waals surface area (Å²) in [5.74, 6) is 0. The van der Waals surface area contributed by atoms with E-state index in [0.29, 0.717) is 6.04 Å². The molecule has 2 N–H and O–H groups in total. The summed E-state index contributed by atoms with van der Waals surface area (Å²) < 4.78 is 5.65. The van der Waals surface area contributed by atoms with Crippen LogP contribution in [-0.2, 0) is 4.74 Å². The lowest BCUT2D eigenvalue weighted by molar-refractivity contribution is -0.0509. The smallest absolute Gasteiger partial charge is 0.0777 e. The Bertz CT molecular complexity index is 299. The van der Waals surface area contributed by atoms with E-state index in [2.05, 4.69) is 37.9 Å². The average Bonchev–Trinajstić information content (AvgIpc) is 2.43. The maximum absolute atomic E-state index is 9.59. The zero-order valence-electron chi connectivity index (χ0n) is 14.7. The Balaban J connectivity index is 2.27. The Kier molecular flexibility index (Phi) is 7.62. The second kappa shape index (κ2) is 8.47. The second-order valence-electron chi connectivity index (χ2n) is 7.51. The van der Waals surface area contributed by atoms with Crippen molar-refractivity contribution in [3.63, 3.8) is 0 Å². The number of piperidine rings is 1. The molecule has 0 aromatic carbocycles. The van der Waals surface area contributed by atoms with Crippen molar-refractivity contribution in [1.82, 2.24) is 10.2 Å². The molecule has 1 saturated heterocycles. The van der Waals surface area contributed by atoms with Gasteiger partial charge in [-0.3, -0.25) is 0 Å². The number of rotatable bonds is 9. The fraction of sp³-hybridized carbons (Fsp3) is 1.00. The summed E-state index contributed by atoms with van der Waals surface area (Å²) in [6, 6.07) is 0.409. The van der Waals surface area contributed by atoms with Crippen molar-refractivity contribution >= 4 is 0 Å². The van der Waals surface area contributed by atoms with Gasteiger partial charge in [0, 0.05) is 25.2 Å². The molecule has 1 rings (SSSR count). The summed E-state index contributed by atoms with van der Waals surface area (Å²) >= 11 is 0. The Morgan fingerprint density at radius 1 is 1.38 bits per heavy atom. The third kappa shape index (κ3) is 6.64. The minimum atomic E-state index is -0.142. The molecule has 0 aromatic heterocycles. The van der Waals surface area contributed by atoms with E-state index >= 15 is 0 Å². The summed E-state index contributed by atoms with van der Waals surface area (Å²) in [5.41, 5.74) is -0.103. The number of unbranched alkanes of at least 4 members (excludes halogenated alkanes) is 1. The molecule has 1 fully saturated rings. The van der Waals surface area contributed by atoms with Crippen molar-refractivity contribution in [1.29, 1.82) is 0 Å². The normalized spacial score (nSPS) is 27.0. The van der Waals surface area contributed by atoms with Crippen LogP contribution >= 0.6 is 0 Å². The largest absolute Gasteiger partial charge is 0.394 e. The van der Waals surface area contributed by atoms with E-state index in [1.54, 1.807) is 0 Å². The highest BCUT2D eigenvalue weighted by Gasteiger charge is 2.30. The topological polar surface area (TPSA) is 44.7 Å². The molecular formula is C17H36N2O2. The van der Waals surface area contributed by atoms with Gasteiger partial charge in [0.2, 0.25) is 0 Å². The van der Waals surface area contributed by atoms with Crippen LogP contribution in [0.1, 0.15) is 59.8 Å². The molecule has 126 valence electrons. The summed E-state index contributed by atoms with van der Waals surface area (Å²) in [6.45, 7) is 12.2. The van der Waals surface area contributed by atoms with E-state index in [-0.39, 0.29) is 17.7 Å². The van der Waals surface area contributed by atoms with Crippen molar-refractivity contribution in [3.05, 3.63) is 0 Å². The monoisotopic (exact) mass is 300 g/mol. The molecule has 0 spiro atoms. The van der Waals surface area contributed by atoms with Gasteiger partial charge < -0.3 is 20.1 Å². The van der Waals surface area contributed by atoms with Gasteiger partial charge in [-0.05, 0) is 52.6 Å². The first-order valence-electron chi connectivity index (χ1n) is 8.48. The molecule has 1 aliphatic heterocycles. The van der Waals surface area contributed by atoms with Crippen LogP contribution in [0.2, 0.25) is 0 Å². The van der Waals surface area contributed by atoms with E-state index in [0.717, 1.165) is 25.9 Å². The van der Waals surface area contributed by atoms with Crippen LogP contribution in [0.3, 0.4) is 0 Å². The number of likely N-dealkylation sites (tertiary alicyclic amines) is 1. The zero-order valence-corrected chi connectivity index (χ0v) is 14.7. The molecule has 4 heteroatoms. The quantitative estimate of drug-likeness (QED) is 0.642. The molecule has 1 heterocycles. The van der Waals surface area contributed by atoms with Gasteiger partial charge in [-0.2, -0.15) is 0 Å². The fourth-order valence-corrected chi connectivity index (χ4v) is 3.41. The molecule has 4 nitrogen and oxygen atoms in total. The Labute approximate surface area is 131 Å². The SMILES string of the molecule is COC1(C)CCCN(CCCCC(C)(CO)NC(C)C)C1. The predicted octanol–water partition coefficient (Wildman–Crippen LogP) is 2.41. The average molecular weight is 300 g/mol. The molecule has 0 aliphatic carbocycles. The van der Waals surface area contributed by atoms with Gasteiger partial charge in [0.1, 0.15) is 0 Å². The third-order valence-corrected chi connectivity index (χ3v) is 4.67. The van der Waals surface area contributed by atoms with Gasteiger partial charge in [-0.1, -0.05) is 20.3 Å². The molecule has 0 aromatic rings. The van der Waals surface area contributed by atoms with E-state index < -0.39 is 0 Å². The van der Waals surface area contributed by atoms with Gasteiger partial charge in [-0.15, -0.1) is 0 Å². The van der Waals surface area contributed by atoms with E-state index in [1.807, 2.05) is 7.11 Å². The van der Waals surface area contributed by atoms with Gasteiger partial charge in [-0.25, -0.2) is 0 Å². The highest BCUT2D eigenvalue weighted by Crippen LogP contribution is 2.24. The van der Waals surface area contributed by atoms with Crippen molar-refractivity contribution in [3.8, 4) is 0 Å². The molecule has 0 bridgehead atoms. The lowest BCUT2D eigenvalue weighted by atomic mass is 9.93. The minimum Gasteiger partial charge on any atom is -0.394 e. The van der Waals surface area contributed by atoms with Crippen LogP contribution in [0.5, 0.6) is 0 Å². The number of aliphatic hydroxyl groups excluding tert-OH is 1. The predicted molar refractivity (Wildman–Crippen MR) is 88.7 cm³/mol. The van der Waals surface area contributed by atoms with Crippen molar-refractivity contribution < 1.29 is 9.84 Å². The Hall–Kier alpha value is -0.160. The number of aliphatic hydroxyl groups is 1. The van der Waals surface area contributed by atoms with Crippen molar-refractivity contribution in [2.45, 2.75) is 77.0 Å². The molecule has 0 radical (unpaired) electrons.